The molecule has 0 aliphatic heterocycles. The molecule has 0 aromatic heterocycles. The zero-order valence-corrected chi connectivity index (χ0v) is 8.39. The Morgan fingerprint density at radius 2 is 2.07 bits per heavy atom. The van der Waals surface area contributed by atoms with Gasteiger partial charge in [-0.1, -0.05) is 0 Å². The molecule has 0 radical (unpaired) electrons. The Morgan fingerprint density at radius 1 is 1.47 bits per heavy atom. The number of nitro groups is 1. The van der Waals surface area contributed by atoms with Gasteiger partial charge in [-0.15, -0.1) is 0 Å². The van der Waals surface area contributed by atoms with Gasteiger partial charge in [-0.25, -0.2) is 0 Å². The lowest BCUT2D eigenvalue weighted by Crippen LogP contribution is -1.96. The van der Waals surface area contributed by atoms with Gasteiger partial charge in [-0.05, 0) is 6.92 Å². The maximum absolute atomic E-state index is 10.5. The van der Waals surface area contributed by atoms with Crippen LogP contribution in [0.4, 0.5) is 5.69 Å². The zero-order valence-electron chi connectivity index (χ0n) is 8.39. The topological polar surface area (TPSA) is 81.8 Å². The van der Waals surface area contributed by atoms with Crippen molar-refractivity contribution in [1.82, 2.24) is 0 Å². The molecule has 0 aliphatic rings. The first-order chi connectivity index (χ1) is 7.10. The van der Waals surface area contributed by atoms with Crippen molar-refractivity contribution < 1.29 is 19.5 Å². The number of phenolic OH excluding ortho intramolecular Hbond substituents is 1. The summed E-state index contributed by atoms with van der Waals surface area (Å²) in [6.07, 6.45) is 0. The Bertz CT molecular complexity index is 377. The Morgan fingerprint density at radius 3 is 2.53 bits per heavy atom. The van der Waals surface area contributed by atoms with Gasteiger partial charge in [0.25, 0.3) is 5.69 Å². The van der Waals surface area contributed by atoms with Gasteiger partial charge >= 0.3 is 0 Å². The maximum atomic E-state index is 10.5. The van der Waals surface area contributed by atoms with Gasteiger partial charge in [-0.3, -0.25) is 10.1 Å². The molecule has 0 heterocycles. The van der Waals surface area contributed by atoms with Crippen LogP contribution in [-0.2, 0) is 0 Å². The van der Waals surface area contributed by atoms with E-state index >= 15 is 0 Å². The molecule has 0 bridgehead atoms. The summed E-state index contributed by atoms with van der Waals surface area (Å²) < 4.78 is 9.82. The van der Waals surface area contributed by atoms with Gasteiger partial charge < -0.3 is 14.6 Å². The van der Waals surface area contributed by atoms with Gasteiger partial charge in [0, 0.05) is 0 Å². The van der Waals surface area contributed by atoms with Gasteiger partial charge in [-0.2, -0.15) is 0 Å². The first kappa shape index (κ1) is 11.1. The number of nitrogens with zero attached hydrogens (tertiary/aromatic N) is 1. The van der Waals surface area contributed by atoms with Crippen LogP contribution in [0.3, 0.4) is 0 Å². The van der Waals surface area contributed by atoms with Crippen LogP contribution in [-0.4, -0.2) is 23.7 Å². The molecule has 82 valence electrons. The Hall–Kier alpha value is -1.98. The van der Waals surface area contributed by atoms with Crippen LogP contribution in [0.25, 0.3) is 0 Å². The summed E-state index contributed by atoms with van der Waals surface area (Å²) in [4.78, 5) is 9.97. The Labute approximate surface area is 86.2 Å². The smallest absolute Gasteiger partial charge is 0.277 e. The van der Waals surface area contributed by atoms with Crippen molar-refractivity contribution in [3.63, 3.8) is 0 Å². The fraction of sp³-hybridized carbons (Fsp3) is 0.333. The molecule has 1 aromatic carbocycles. The lowest BCUT2D eigenvalue weighted by molar-refractivity contribution is -0.385. The molecule has 0 saturated carbocycles. The standard InChI is InChI=1S/C9H11NO5/c1-3-15-8-5-6(10(12)13)4-7(14-2)9(8)11/h4-5,11H,3H2,1-2H3. The molecule has 1 aromatic rings. The summed E-state index contributed by atoms with van der Waals surface area (Å²) in [6, 6.07) is 2.29. The molecule has 0 amide bonds. The minimum Gasteiger partial charge on any atom is -0.502 e. The number of phenols is 1. The monoisotopic (exact) mass is 213 g/mol. The highest BCUT2D eigenvalue weighted by molar-refractivity contribution is 5.57. The second-order valence-corrected chi connectivity index (χ2v) is 2.68. The van der Waals surface area contributed by atoms with Crippen LogP contribution in [0.1, 0.15) is 6.92 Å². The first-order valence-electron chi connectivity index (χ1n) is 4.28. The van der Waals surface area contributed by atoms with E-state index in [2.05, 4.69) is 0 Å². The van der Waals surface area contributed by atoms with Gasteiger partial charge in [0.05, 0.1) is 30.8 Å². The number of methoxy groups -OCH3 is 1. The second kappa shape index (κ2) is 4.50. The second-order valence-electron chi connectivity index (χ2n) is 2.68. The van der Waals surface area contributed by atoms with E-state index in [9.17, 15) is 15.2 Å². The molecule has 6 heteroatoms. The fourth-order valence-electron chi connectivity index (χ4n) is 1.09. The first-order valence-corrected chi connectivity index (χ1v) is 4.28. The molecule has 0 saturated heterocycles. The van der Waals surface area contributed by atoms with Crippen LogP contribution < -0.4 is 9.47 Å². The largest absolute Gasteiger partial charge is 0.502 e. The van der Waals surface area contributed by atoms with Crippen molar-refractivity contribution in [2.24, 2.45) is 0 Å². The predicted molar refractivity (Wildman–Crippen MR) is 52.5 cm³/mol. The number of non-ortho nitro benzene ring substituents is 1. The van der Waals surface area contributed by atoms with E-state index in [1.54, 1.807) is 6.92 Å². The average Bonchev–Trinajstić information content (AvgIpc) is 2.21. The van der Waals surface area contributed by atoms with Crippen molar-refractivity contribution in [1.29, 1.82) is 0 Å². The summed E-state index contributed by atoms with van der Waals surface area (Å²) in [5, 5.41) is 20.1. The highest BCUT2D eigenvalue weighted by Gasteiger charge is 2.17. The van der Waals surface area contributed by atoms with E-state index < -0.39 is 4.92 Å². The van der Waals surface area contributed by atoms with E-state index in [1.807, 2.05) is 0 Å². The summed E-state index contributed by atoms with van der Waals surface area (Å²) in [6.45, 7) is 2.02. The molecule has 0 fully saturated rings. The molecule has 6 nitrogen and oxygen atoms in total. The summed E-state index contributed by atoms with van der Waals surface area (Å²) in [7, 11) is 1.31. The molecule has 0 atom stereocenters. The minimum atomic E-state index is -0.579. The molecule has 1 N–H and O–H groups in total. The number of rotatable bonds is 4. The minimum absolute atomic E-state index is 0.0210. The fourth-order valence-corrected chi connectivity index (χ4v) is 1.09. The van der Waals surface area contributed by atoms with Crippen molar-refractivity contribution in [2.45, 2.75) is 6.92 Å². The van der Waals surface area contributed by atoms with E-state index in [0.29, 0.717) is 6.61 Å². The molecule has 15 heavy (non-hydrogen) atoms. The normalized spacial score (nSPS) is 9.73. The quantitative estimate of drug-likeness (QED) is 0.608. The number of aromatic hydroxyl groups is 1. The molecule has 0 unspecified atom stereocenters. The van der Waals surface area contributed by atoms with Gasteiger partial charge in [0.15, 0.2) is 11.5 Å². The van der Waals surface area contributed by atoms with Crippen LogP contribution in [0.2, 0.25) is 0 Å². The number of nitro benzene ring substituents is 1. The average molecular weight is 213 g/mol. The van der Waals surface area contributed by atoms with E-state index in [4.69, 9.17) is 9.47 Å². The van der Waals surface area contributed by atoms with Crippen LogP contribution >= 0.6 is 0 Å². The number of ether oxygens (including phenoxy) is 2. The molecule has 1 rings (SSSR count). The van der Waals surface area contributed by atoms with Gasteiger partial charge in [0.2, 0.25) is 5.75 Å². The van der Waals surface area contributed by atoms with E-state index in [1.165, 1.54) is 7.11 Å². The number of hydrogen-bond donors (Lipinski definition) is 1. The molecule has 0 spiro atoms. The van der Waals surface area contributed by atoms with Crippen molar-refractivity contribution in [2.75, 3.05) is 13.7 Å². The zero-order chi connectivity index (χ0) is 11.4. The number of hydrogen-bond acceptors (Lipinski definition) is 5. The Kier molecular flexibility index (Phi) is 3.33. The van der Waals surface area contributed by atoms with Crippen molar-refractivity contribution in [3.05, 3.63) is 22.2 Å². The van der Waals surface area contributed by atoms with E-state index in [-0.39, 0.29) is 22.9 Å². The lowest BCUT2D eigenvalue weighted by atomic mass is 10.2. The molecular formula is C9H11NO5. The number of benzene rings is 1. The third-order valence-corrected chi connectivity index (χ3v) is 1.76. The van der Waals surface area contributed by atoms with Gasteiger partial charge in [0.1, 0.15) is 0 Å². The van der Waals surface area contributed by atoms with Crippen LogP contribution in [0.5, 0.6) is 17.2 Å². The predicted octanol–water partition coefficient (Wildman–Crippen LogP) is 1.71. The summed E-state index contributed by atoms with van der Waals surface area (Å²) >= 11 is 0. The maximum Gasteiger partial charge on any atom is 0.277 e. The molecule has 0 aliphatic carbocycles. The van der Waals surface area contributed by atoms with Crippen molar-refractivity contribution in [3.8, 4) is 17.2 Å². The summed E-state index contributed by atoms with van der Waals surface area (Å²) in [5.74, 6) is -0.166. The van der Waals surface area contributed by atoms with Crippen LogP contribution in [0.15, 0.2) is 12.1 Å². The lowest BCUT2D eigenvalue weighted by Gasteiger charge is -2.08. The van der Waals surface area contributed by atoms with E-state index in [0.717, 1.165) is 12.1 Å². The summed E-state index contributed by atoms with van der Waals surface area (Å²) in [5.41, 5.74) is -0.187. The third kappa shape index (κ3) is 2.28. The van der Waals surface area contributed by atoms with Crippen molar-refractivity contribution >= 4 is 5.69 Å². The van der Waals surface area contributed by atoms with Crippen LogP contribution in [0, 0.1) is 10.1 Å². The third-order valence-electron chi connectivity index (χ3n) is 1.76. The SMILES string of the molecule is CCOc1cc([N+](=O)[O-])cc(OC)c1O. The highest BCUT2D eigenvalue weighted by Crippen LogP contribution is 2.39. The molecular weight excluding hydrogens is 202 g/mol. The highest BCUT2D eigenvalue weighted by atomic mass is 16.6. The Balaban J connectivity index is 3.25.